The minimum atomic E-state index is -0.327. The molecule has 20 heavy (non-hydrogen) atoms. The summed E-state index contributed by atoms with van der Waals surface area (Å²) in [5, 5.41) is 13.0. The molecule has 4 heteroatoms. The van der Waals surface area contributed by atoms with Crippen LogP contribution >= 0.6 is 0 Å². The molecule has 0 saturated heterocycles. The molecular weight excluding hydrogens is 254 g/mol. The average Bonchev–Trinajstić information content (AvgIpc) is 2.49. The van der Waals surface area contributed by atoms with Crippen LogP contribution in [0.25, 0.3) is 0 Å². The molecule has 0 unspecified atom stereocenters. The Labute approximate surface area is 121 Å². The number of carbonyl (C=O) groups excluding carboxylic acids is 1. The predicted molar refractivity (Wildman–Crippen MR) is 81.1 cm³/mol. The van der Waals surface area contributed by atoms with Gasteiger partial charge in [0.05, 0.1) is 19.3 Å². The number of aliphatic hydroxyl groups is 1. The average molecular weight is 279 g/mol. The molecule has 0 radical (unpaired) electrons. The zero-order valence-corrected chi connectivity index (χ0v) is 12.8. The van der Waals surface area contributed by atoms with Gasteiger partial charge in [-0.2, -0.15) is 0 Å². The number of carbonyl (C=O) groups is 1. The molecule has 0 spiro atoms. The van der Waals surface area contributed by atoms with E-state index in [2.05, 4.69) is 19.2 Å². The second kappa shape index (κ2) is 7.29. The maximum Gasteiger partial charge on any atom is 0.337 e. The summed E-state index contributed by atoms with van der Waals surface area (Å²) in [5.74, 6) is -0.327. The molecule has 0 amide bonds. The lowest BCUT2D eigenvalue weighted by Gasteiger charge is -2.30. The molecule has 0 fully saturated rings. The van der Waals surface area contributed by atoms with E-state index in [4.69, 9.17) is 4.74 Å². The van der Waals surface area contributed by atoms with Crippen molar-refractivity contribution < 1.29 is 14.6 Å². The molecule has 0 heterocycles. The minimum Gasteiger partial charge on any atom is -0.465 e. The third kappa shape index (κ3) is 3.73. The molecule has 0 aliphatic rings. The Morgan fingerprint density at radius 3 is 2.45 bits per heavy atom. The van der Waals surface area contributed by atoms with Crippen LogP contribution in [0.4, 0.5) is 5.69 Å². The van der Waals surface area contributed by atoms with E-state index >= 15 is 0 Å². The fraction of sp³-hybridized carbons (Fsp3) is 0.562. The molecule has 0 bridgehead atoms. The predicted octanol–water partition coefficient (Wildman–Crippen LogP) is 2.99. The Balaban J connectivity index is 2.81. The van der Waals surface area contributed by atoms with Crippen molar-refractivity contribution in [2.75, 3.05) is 25.6 Å². The molecule has 2 N–H and O–H groups in total. The summed E-state index contributed by atoms with van der Waals surface area (Å²) in [7, 11) is 1.38. The Kier molecular flexibility index (Phi) is 6.02. The molecule has 0 aliphatic heterocycles. The Morgan fingerprint density at radius 2 is 2.00 bits per heavy atom. The summed E-state index contributed by atoms with van der Waals surface area (Å²) < 4.78 is 4.71. The van der Waals surface area contributed by atoms with E-state index in [0.717, 1.165) is 30.6 Å². The van der Waals surface area contributed by atoms with E-state index in [0.29, 0.717) is 5.56 Å². The minimum absolute atomic E-state index is 0.0898. The van der Waals surface area contributed by atoms with Crippen LogP contribution in [0.15, 0.2) is 18.2 Å². The van der Waals surface area contributed by atoms with Crippen LogP contribution in [0, 0.1) is 12.3 Å². The number of aryl methyl sites for hydroxylation is 1. The summed E-state index contributed by atoms with van der Waals surface area (Å²) in [5.41, 5.74) is 2.44. The molecule has 0 aromatic heterocycles. The number of methoxy groups -OCH3 is 1. The number of anilines is 1. The van der Waals surface area contributed by atoms with Crippen LogP contribution < -0.4 is 5.32 Å². The van der Waals surface area contributed by atoms with Crippen LogP contribution in [-0.2, 0) is 4.74 Å². The maximum absolute atomic E-state index is 11.5. The van der Waals surface area contributed by atoms with Gasteiger partial charge in [0, 0.05) is 17.6 Å². The Morgan fingerprint density at radius 1 is 1.35 bits per heavy atom. The summed E-state index contributed by atoms with van der Waals surface area (Å²) in [6.07, 6.45) is 1.85. The topological polar surface area (TPSA) is 58.6 Å². The molecule has 0 atom stereocenters. The first-order chi connectivity index (χ1) is 9.51. The van der Waals surface area contributed by atoms with Gasteiger partial charge in [-0.05, 0) is 43.5 Å². The van der Waals surface area contributed by atoms with Crippen LogP contribution in [0.1, 0.15) is 42.6 Å². The number of hydrogen-bond acceptors (Lipinski definition) is 4. The van der Waals surface area contributed by atoms with E-state index in [1.807, 2.05) is 19.1 Å². The lowest BCUT2D eigenvalue weighted by atomic mass is 9.83. The van der Waals surface area contributed by atoms with E-state index < -0.39 is 0 Å². The largest absolute Gasteiger partial charge is 0.465 e. The fourth-order valence-electron chi connectivity index (χ4n) is 2.17. The normalized spacial score (nSPS) is 11.2. The van der Waals surface area contributed by atoms with E-state index in [9.17, 15) is 9.90 Å². The highest BCUT2D eigenvalue weighted by atomic mass is 16.5. The fourth-order valence-corrected chi connectivity index (χ4v) is 2.17. The number of esters is 1. The lowest BCUT2D eigenvalue weighted by molar-refractivity contribution is 0.0600. The number of ether oxygens (including phenoxy) is 1. The summed E-state index contributed by atoms with van der Waals surface area (Å²) >= 11 is 0. The van der Waals surface area contributed by atoms with Gasteiger partial charge >= 0.3 is 5.97 Å². The van der Waals surface area contributed by atoms with Crippen molar-refractivity contribution in [1.82, 2.24) is 0 Å². The van der Waals surface area contributed by atoms with E-state index in [-0.39, 0.29) is 18.0 Å². The van der Waals surface area contributed by atoms with Gasteiger partial charge in [-0.3, -0.25) is 0 Å². The summed E-state index contributed by atoms with van der Waals surface area (Å²) in [6.45, 7) is 7.03. The zero-order valence-electron chi connectivity index (χ0n) is 12.8. The Hall–Kier alpha value is -1.55. The van der Waals surface area contributed by atoms with Crippen molar-refractivity contribution >= 4 is 11.7 Å². The molecule has 112 valence electrons. The van der Waals surface area contributed by atoms with E-state index in [1.54, 1.807) is 6.07 Å². The highest BCUT2D eigenvalue weighted by Crippen LogP contribution is 2.27. The molecule has 1 aromatic rings. The maximum atomic E-state index is 11.5. The van der Waals surface area contributed by atoms with Gasteiger partial charge in [-0.25, -0.2) is 4.79 Å². The second-order valence-electron chi connectivity index (χ2n) is 5.24. The van der Waals surface area contributed by atoms with Crippen LogP contribution in [-0.4, -0.2) is 31.3 Å². The van der Waals surface area contributed by atoms with E-state index in [1.165, 1.54) is 7.11 Å². The molecule has 0 saturated carbocycles. The highest BCUT2D eigenvalue weighted by molar-refractivity contribution is 5.90. The smallest absolute Gasteiger partial charge is 0.337 e. The highest BCUT2D eigenvalue weighted by Gasteiger charge is 2.25. The molecule has 4 nitrogen and oxygen atoms in total. The number of rotatable bonds is 7. The first kappa shape index (κ1) is 16.5. The second-order valence-corrected chi connectivity index (χ2v) is 5.24. The summed E-state index contributed by atoms with van der Waals surface area (Å²) in [4.78, 5) is 11.5. The zero-order chi connectivity index (χ0) is 15.2. The van der Waals surface area contributed by atoms with Gasteiger partial charge in [0.25, 0.3) is 0 Å². The number of benzene rings is 1. The van der Waals surface area contributed by atoms with Crippen molar-refractivity contribution in [3.63, 3.8) is 0 Å². The number of hydrogen-bond donors (Lipinski definition) is 2. The number of aliphatic hydroxyl groups excluding tert-OH is 1. The van der Waals surface area contributed by atoms with Crippen molar-refractivity contribution in [3.05, 3.63) is 29.3 Å². The first-order valence-corrected chi connectivity index (χ1v) is 7.05. The SMILES string of the molecule is CCC(CC)(CO)CNc1ccc(C(=O)OC)cc1C. The van der Waals surface area contributed by atoms with Crippen LogP contribution in [0.2, 0.25) is 0 Å². The van der Waals surface area contributed by atoms with Gasteiger partial charge in [0.2, 0.25) is 0 Å². The van der Waals surface area contributed by atoms with Crippen molar-refractivity contribution in [1.29, 1.82) is 0 Å². The van der Waals surface area contributed by atoms with Crippen molar-refractivity contribution in [3.8, 4) is 0 Å². The molecular formula is C16H25NO3. The molecule has 1 rings (SSSR count). The third-order valence-corrected chi connectivity index (χ3v) is 4.14. The first-order valence-electron chi connectivity index (χ1n) is 7.05. The van der Waals surface area contributed by atoms with Gasteiger partial charge in [-0.1, -0.05) is 13.8 Å². The van der Waals surface area contributed by atoms with Gasteiger partial charge in [0.1, 0.15) is 0 Å². The van der Waals surface area contributed by atoms with Gasteiger partial charge < -0.3 is 15.2 Å². The number of nitrogens with one attached hydrogen (secondary N) is 1. The molecule has 0 aliphatic carbocycles. The monoisotopic (exact) mass is 279 g/mol. The molecule has 1 aromatic carbocycles. The third-order valence-electron chi connectivity index (χ3n) is 4.14. The summed E-state index contributed by atoms with van der Waals surface area (Å²) in [6, 6.07) is 5.45. The quantitative estimate of drug-likeness (QED) is 0.753. The van der Waals surface area contributed by atoms with Crippen molar-refractivity contribution in [2.45, 2.75) is 33.6 Å². The van der Waals surface area contributed by atoms with Crippen molar-refractivity contribution in [2.24, 2.45) is 5.41 Å². The Bertz CT molecular complexity index is 445. The van der Waals surface area contributed by atoms with Crippen LogP contribution in [0.3, 0.4) is 0 Å². The van der Waals surface area contributed by atoms with Gasteiger partial charge in [0.15, 0.2) is 0 Å². The standard InChI is InChI=1S/C16H25NO3/c1-5-16(6-2,11-18)10-17-14-8-7-13(9-12(14)3)15(19)20-4/h7-9,17-18H,5-6,10-11H2,1-4H3. The van der Waals surface area contributed by atoms with Crippen LogP contribution in [0.5, 0.6) is 0 Å². The van der Waals surface area contributed by atoms with Gasteiger partial charge in [-0.15, -0.1) is 0 Å². The lowest BCUT2D eigenvalue weighted by Crippen LogP contribution is -2.32.